The Bertz CT molecular complexity index is 893. The first-order valence-electron chi connectivity index (χ1n) is 7.48. The molecule has 26 heavy (non-hydrogen) atoms. The lowest BCUT2D eigenvalue weighted by Crippen LogP contribution is -2.20. The third-order valence-electron chi connectivity index (χ3n) is 3.15. The van der Waals surface area contributed by atoms with Crippen LogP contribution in [0.2, 0.25) is 0 Å². The van der Waals surface area contributed by atoms with Crippen molar-refractivity contribution >= 4 is 50.1 Å². The van der Waals surface area contributed by atoms with Gasteiger partial charge in [-0.1, -0.05) is 53.4 Å². The first-order chi connectivity index (χ1) is 12.6. The maximum atomic E-state index is 13.9. The first-order valence-corrected chi connectivity index (χ1v) is 10.1. The van der Waals surface area contributed by atoms with Crippen molar-refractivity contribution in [3.05, 3.63) is 64.4 Å². The molecule has 0 aliphatic rings. The minimum absolute atomic E-state index is 0.116. The summed E-state index contributed by atoms with van der Waals surface area (Å²) in [5.41, 5.74) is 0.571. The minimum atomic E-state index is -0.320. The second-order valence-electron chi connectivity index (χ2n) is 5.02. The van der Waals surface area contributed by atoms with Gasteiger partial charge in [-0.15, -0.1) is 10.2 Å². The maximum Gasteiger partial charge on any atom is 0.264 e. The molecule has 0 bridgehead atoms. The van der Waals surface area contributed by atoms with Crippen LogP contribution >= 0.6 is 39.0 Å². The standard InChI is InChI=1S/C17H13BrFN3O2S2/c18-13-8-4-5-11(15(13)19)10-25-17-22-21-16(26-17)20-14(23)9-24-12-6-2-1-3-7-12/h1-8H,9-10H2,(H,20,21,23). The average Bonchev–Trinajstić information content (AvgIpc) is 3.09. The van der Waals surface area contributed by atoms with Gasteiger partial charge in [-0.3, -0.25) is 10.1 Å². The third kappa shape index (κ3) is 5.26. The van der Waals surface area contributed by atoms with E-state index in [4.69, 9.17) is 4.74 Å². The summed E-state index contributed by atoms with van der Waals surface area (Å²) in [4.78, 5) is 11.9. The number of carbonyl (C=O) groups is 1. The highest BCUT2D eigenvalue weighted by atomic mass is 79.9. The van der Waals surface area contributed by atoms with Crippen LogP contribution < -0.4 is 10.1 Å². The topological polar surface area (TPSA) is 64.1 Å². The Morgan fingerprint density at radius 1 is 1.19 bits per heavy atom. The van der Waals surface area contributed by atoms with Gasteiger partial charge in [0, 0.05) is 5.75 Å². The van der Waals surface area contributed by atoms with E-state index in [0.717, 1.165) is 0 Å². The number of aromatic nitrogens is 2. The van der Waals surface area contributed by atoms with Crippen molar-refractivity contribution in [2.24, 2.45) is 0 Å². The zero-order chi connectivity index (χ0) is 18.4. The Morgan fingerprint density at radius 3 is 2.81 bits per heavy atom. The largest absolute Gasteiger partial charge is 0.484 e. The summed E-state index contributed by atoms with van der Waals surface area (Å²) in [6, 6.07) is 14.2. The van der Waals surface area contributed by atoms with Gasteiger partial charge >= 0.3 is 0 Å². The van der Waals surface area contributed by atoms with Gasteiger partial charge in [-0.25, -0.2) is 4.39 Å². The van der Waals surface area contributed by atoms with Gasteiger partial charge < -0.3 is 4.74 Å². The van der Waals surface area contributed by atoms with Crippen LogP contribution in [0, 0.1) is 5.82 Å². The van der Waals surface area contributed by atoms with E-state index in [2.05, 4.69) is 31.4 Å². The summed E-state index contributed by atoms with van der Waals surface area (Å²) < 4.78 is 20.4. The van der Waals surface area contributed by atoms with Crippen molar-refractivity contribution in [3.63, 3.8) is 0 Å². The zero-order valence-corrected chi connectivity index (χ0v) is 16.5. The van der Waals surface area contributed by atoms with E-state index >= 15 is 0 Å². The van der Waals surface area contributed by atoms with Crippen LogP contribution in [0.1, 0.15) is 5.56 Å². The Hall–Kier alpha value is -1.97. The van der Waals surface area contributed by atoms with Crippen LogP contribution in [0.4, 0.5) is 9.52 Å². The third-order valence-corrected chi connectivity index (χ3v) is 5.78. The molecule has 1 amide bonds. The van der Waals surface area contributed by atoms with E-state index in [1.807, 2.05) is 18.2 Å². The molecule has 134 valence electrons. The van der Waals surface area contributed by atoms with Gasteiger partial charge in [-0.05, 0) is 39.7 Å². The lowest BCUT2D eigenvalue weighted by molar-refractivity contribution is -0.118. The van der Waals surface area contributed by atoms with Crippen LogP contribution in [-0.2, 0) is 10.5 Å². The summed E-state index contributed by atoms with van der Waals surface area (Å²) in [5, 5.41) is 10.9. The molecule has 3 rings (SSSR count). The second-order valence-corrected chi connectivity index (χ2v) is 8.08. The SMILES string of the molecule is O=C(COc1ccccc1)Nc1nnc(SCc2cccc(Br)c2F)s1. The number of hydrogen-bond donors (Lipinski definition) is 1. The van der Waals surface area contributed by atoms with Crippen molar-refractivity contribution in [2.75, 3.05) is 11.9 Å². The highest BCUT2D eigenvalue weighted by Gasteiger charge is 2.11. The van der Waals surface area contributed by atoms with Crippen LogP contribution in [-0.4, -0.2) is 22.7 Å². The van der Waals surface area contributed by atoms with E-state index in [1.165, 1.54) is 23.1 Å². The fraction of sp³-hybridized carbons (Fsp3) is 0.118. The molecule has 0 radical (unpaired) electrons. The fourth-order valence-corrected chi connectivity index (χ4v) is 4.09. The van der Waals surface area contributed by atoms with Gasteiger partial charge in [0.1, 0.15) is 11.6 Å². The van der Waals surface area contributed by atoms with Gasteiger partial charge in [0.05, 0.1) is 4.47 Å². The lowest BCUT2D eigenvalue weighted by Gasteiger charge is -2.04. The number of para-hydroxylation sites is 1. The van der Waals surface area contributed by atoms with Crippen molar-refractivity contribution in [3.8, 4) is 5.75 Å². The second kappa shape index (κ2) is 9.11. The minimum Gasteiger partial charge on any atom is -0.484 e. The normalized spacial score (nSPS) is 10.5. The molecule has 0 fully saturated rings. The number of carbonyl (C=O) groups excluding carboxylic acids is 1. The quantitative estimate of drug-likeness (QED) is 0.413. The molecule has 0 spiro atoms. The summed E-state index contributed by atoms with van der Waals surface area (Å²) in [5.74, 6) is 0.438. The summed E-state index contributed by atoms with van der Waals surface area (Å²) in [7, 11) is 0. The summed E-state index contributed by atoms with van der Waals surface area (Å²) in [6.07, 6.45) is 0. The fourth-order valence-electron chi connectivity index (χ4n) is 1.94. The predicted octanol–water partition coefficient (Wildman–Crippen LogP) is 4.75. The van der Waals surface area contributed by atoms with E-state index in [-0.39, 0.29) is 18.3 Å². The number of hydrogen-bond acceptors (Lipinski definition) is 6. The molecule has 1 heterocycles. The molecule has 3 aromatic rings. The number of anilines is 1. The predicted molar refractivity (Wildman–Crippen MR) is 104 cm³/mol. The maximum absolute atomic E-state index is 13.9. The van der Waals surface area contributed by atoms with Crippen molar-refractivity contribution in [1.29, 1.82) is 0 Å². The van der Waals surface area contributed by atoms with Crippen LogP contribution in [0.3, 0.4) is 0 Å². The first kappa shape index (κ1) is 18.8. The molecule has 0 atom stereocenters. The molecule has 0 saturated heterocycles. The van der Waals surface area contributed by atoms with Crippen LogP contribution in [0.5, 0.6) is 5.75 Å². The van der Waals surface area contributed by atoms with E-state index in [1.54, 1.807) is 30.3 Å². The molecule has 0 saturated carbocycles. The number of nitrogens with zero attached hydrogens (tertiary/aromatic N) is 2. The molecule has 5 nitrogen and oxygen atoms in total. The average molecular weight is 454 g/mol. The van der Waals surface area contributed by atoms with Crippen LogP contribution in [0.25, 0.3) is 0 Å². The Balaban J connectivity index is 1.49. The Morgan fingerprint density at radius 2 is 2.00 bits per heavy atom. The number of rotatable bonds is 7. The number of halogens is 2. The highest BCUT2D eigenvalue weighted by Crippen LogP contribution is 2.30. The van der Waals surface area contributed by atoms with E-state index < -0.39 is 0 Å². The highest BCUT2D eigenvalue weighted by molar-refractivity contribution is 9.10. The molecule has 0 aliphatic heterocycles. The molecular weight excluding hydrogens is 441 g/mol. The molecule has 1 N–H and O–H groups in total. The van der Waals surface area contributed by atoms with Gasteiger partial charge in [0.2, 0.25) is 5.13 Å². The number of benzene rings is 2. The number of ether oxygens (including phenoxy) is 1. The van der Waals surface area contributed by atoms with E-state index in [9.17, 15) is 9.18 Å². The number of thioether (sulfide) groups is 1. The smallest absolute Gasteiger partial charge is 0.264 e. The molecule has 2 aromatic carbocycles. The van der Waals surface area contributed by atoms with Crippen LogP contribution in [0.15, 0.2) is 57.3 Å². The monoisotopic (exact) mass is 453 g/mol. The summed E-state index contributed by atoms with van der Waals surface area (Å²) >= 11 is 5.75. The van der Waals surface area contributed by atoms with Gasteiger partial charge in [0.15, 0.2) is 10.9 Å². The summed E-state index contributed by atoms with van der Waals surface area (Å²) in [6.45, 7) is -0.116. The Kier molecular flexibility index (Phi) is 6.59. The Labute approximate surface area is 166 Å². The molecular formula is C17H13BrFN3O2S2. The van der Waals surface area contributed by atoms with Gasteiger partial charge in [0.25, 0.3) is 5.91 Å². The number of amides is 1. The van der Waals surface area contributed by atoms with Crippen molar-refractivity contribution < 1.29 is 13.9 Å². The van der Waals surface area contributed by atoms with Crippen molar-refractivity contribution in [1.82, 2.24) is 10.2 Å². The zero-order valence-electron chi connectivity index (χ0n) is 13.3. The lowest BCUT2D eigenvalue weighted by atomic mass is 10.2. The van der Waals surface area contributed by atoms with Crippen molar-refractivity contribution in [2.45, 2.75) is 10.1 Å². The number of nitrogens with one attached hydrogen (secondary N) is 1. The molecule has 1 aromatic heterocycles. The van der Waals surface area contributed by atoms with Gasteiger partial charge in [-0.2, -0.15) is 0 Å². The molecule has 0 unspecified atom stereocenters. The molecule has 0 aliphatic carbocycles. The van der Waals surface area contributed by atoms with E-state index in [0.29, 0.717) is 31.0 Å². The molecule has 9 heteroatoms.